The van der Waals surface area contributed by atoms with Crippen molar-refractivity contribution in [2.75, 3.05) is 77.6 Å². The number of nitrogens with one attached hydrogen (secondary N) is 4. The van der Waals surface area contributed by atoms with Crippen LogP contribution in [-0.2, 0) is 14.2 Å². The van der Waals surface area contributed by atoms with Crippen molar-refractivity contribution in [3.8, 4) is 22.5 Å². The highest BCUT2D eigenvalue weighted by atomic mass is 16.6. The predicted molar refractivity (Wildman–Crippen MR) is 429 cm³/mol. The molecule has 2 aromatic carbocycles. The molecule has 0 radical (unpaired) electrons. The molecule has 0 spiro atoms. The van der Waals surface area contributed by atoms with E-state index in [0.29, 0.717) is 71.5 Å². The summed E-state index contributed by atoms with van der Waals surface area (Å²) < 4.78 is 25.3. The van der Waals surface area contributed by atoms with Crippen LogP contribution >= 0.6 is 0 Å². The molecule has 1 heterocycles. The zero-order chi connectivity index (χ0) is 75.0. The number of carbonyl (C=O) groups is 5. The van der Waals surface area contributed by atoms with Crippen molar-refractivity contribution >= 4 is 47.0 Å². The first kappa shape index (κ1) is 91.7. The van der Waals surface area contributed by atoms with Gasteiger partial charge in [-0.2, -0.15) is 0 Å². The molecule has 2 aliphatic rings. The van der Waals surface area contributed by atoms with Gasteiger partial charge in [-0.25, -0.2) is 23.8 Å². The molecule has 17 nitrogen and oxygen atoms in total. The minimum absolute atomic E-state index is 0.0445. The standard InChI is InChI=1S/C68H107N5O9.C19H39NO2/c1-5-8-10-12-14-16-18-20-22-24-26-28-30-32-34-38-46-70-67(77)80-51-48-72(7-3)56-42-44-60-62(54-56)82-63-55-57(43-45-61(63)64(60)58-40-36-37-41-59(58)65(74)75)73(49-52-79-66(76)69-4)50-53-81-68(78)71-47-39-35-33-31-29-27-25-23-21-19-17-15-13-11-9-6-2;1-2-3-4-5-6-7-8-9-10-11-12-13-14-15-16-17-18-20-19(21)22/h36-37,40-45,54-55H,5-35,38-39,46-53H2,1-4H3,(H3-,69,70,71,74,75,76,77,78);20H,2-18H2,1H3,(H,21,22). The van der Waals surface area contributed by atoms with Crippen LogP contribution in [-0.4, -0.2) is 108 Å². The molecule has 590 valence electrons. The summed E-state index contributed by atoms with van der Waals surface area (Å²) in [6, 6.07) is 18.3. The van der Waals surface area contributed by atoms with Crippen molar-refractivity contribution in [1.82, 2.24) is 25.8 Å². The van der Waals surface area contributed by atoms with Crippen LogP contribution in [0.4, 0.5) is 24.9 Å². The number of hydrogen-bond acceptors (Lipinski definition) is 11. The second-order valence-corrected chi connectivity index (χ2v) is 28.9. The highest BCUT2D eigenvalue weighted by Gasteiger charge is 2.23. The summed E-state index contributed by atoms with van der Waals surface area (Å²) in [6.45, 7) is 12.5. The number of nitrogens with zero attached hydrogens (tertiary/aromatic N) is 2. The largest absolute Gasteiger partial charge is 0.545 e. The Morgan fingerprint density at radius 3 is 1.19 bits per heavy atom. The number of likely N-dealkylation sites (N-methyl/N-ethyl adjacent to an activating group) is 1. The molecule has 0 saturated heterocycles. The fourth-order valence-corrected chi connectivity index (χ4v) is 13.8. The monoisotopic (exact) mass is 1450 g/mol. The molecular formula is C87H146N6O11. The third kappa shape index (κ3) is 45.1. The number of carboxylic acids is 1. The van der Waals surface area contributed by atoms with Crippen LogP contribution < -0.4 is 41.2 Å². The molecule has 17 heteroatoms. The minimum atomic E-state index is -1.30. The van der Waals surface area contributed by atoms with Crippen LogP contribution in [0.2, 0.25) is 0 Å². The number of fused-ring (bicyclic) bond motifs is 2. The number of benzene rings is 3. The van der Waals surface area contributed by atoms with E-state index >= 15 is 0 Å². The molecule has 0 saturated carbocycles. The number of carboxylic acid groups (broad SMARTS) is 2. The van der Waals surface area contributed by atoms with Crippen molar-refractivity contribution in [2.24, 2.45) is 0 Å². The summed E-state index contributed by atoms with van der Waals surface area (Å²) in [5, 5.41) is 33.1. The third-order valence-electron chi connectivity index (χ3n) is 20.1. The van der Waals surface area contributed by atoms with Gasteiger partial charge in [-0.05, 0) is 49.9 Å². The Morgan fingerprint density at radius 2 is 0.808 bits per heavy atom. The van der Waals surface area contributed by atoms with E-state index in [2.05, 4.69) is 46.9 Å². The van der Waals surface area contributed by atoms with E-state index in [9.17, 15) is 29.1 Å². The molecule has 0 unspecified atom stereocenters. The van der Waals surface area contributed by atoms with Crippen molar-refractivity contribution in [2.45, 2.75) is 336 Å². The number of ether oxygens (including phenoxy) is 3. The molecule has 0 atom stereocenters. The number of aromatic carboxylic acids is 1. The highest BCUT2D eigenvalue weighted by molar-refractivity contribution is 6.07. The maximum absolute atomic E-state index is 12.8. The number of unbranched alkanes of at least 4 members (excludes halogenated alkanes) is 45. The van der Waals surface area contributed by atoms with Gasteiger partial charge in [0.2, 0.25) is 5.36 Å². The van der Waals surface area contributed by atoms with E-state index in [1.807, 2.05) is 47.9 Å². The fourth-order valence-electron chi connectivity index (χ4n) is 13.8. The van der Waals surface area contributed by atoms with Gasteiger partial charge in [0.15, 0.2) is 26.3 Å². The van der Waals surface area contributed by atoms with Gasteiger partial charge in [-0.15, -0.1) is 0 Å². The first-order chi connectivity index (χ1) is 51.0. The van der Waals surface area contributed by atoms with Crippen molar-refractivity contribution in [3.63, 3.8) is 0 Å². The lowest BCUT2D eigenvalue weighted by Crippen LogP contribution is -2.37. The molecule has 104 heavy (non-hydrogen) atoms. The Balaban J connectivity index is 0.00000109. The molecule has 4 rings (SSSR count). The molecule has 2 aromatic rings. The van der Waals surface area contributed by atoms with E-state index < -0.39 is 30.3 Å². The van der Waals surface area contributed by atoms with Crippen LogP contribution in [0.1, 0.15) is 346 Å². The summed E-state index contributed by atoms with van der Waals surface area (Å²) in [4.78, 5) is 62.5. The maximum Gasteiger partial charge on any atom is 0.407 e. The zero-order valence-electron chi connectivity index (χ0n) is 66.2. The van der Waals surface area contributed by atoms with Gasteiger partial charge in [-0.1, -0.05) is 334 Å². The SMILES string of the molecule is CCCCCCCCCCCCCCCCCCNC(=O)O.CCCCCCCCCCCCCCCCCCNC(=O)OCCN(CC)c1ccc2c(-c3ccccc3C(=O)[O-])c3ccc(=[N+](CCOC(=O)NC)CCOC(=O)NCCCCCCCCCCCCCCCCCC)cc-3oc2c1. The van der Waals surface area contributed by atoms with Gasteiger partial charge in [0, 0.05) is 73.1 Å². The predicted octanol–water partition coefficient (Wildman–Crippen LogP) is 22.0. The lowest BCUT2D eigenvalue weighted by Gasteiger charge is -2.24. The summed E-state index contributed by atoms with van der Waals surface area (Å²) in [5.41, 5.74) is 3.22. The van der Waals surface area contributed by atoms with Gasteiger partial charge in [0.05, 0.1) is 18.6 Å². The minimum Gasteiger partial charge on any atom is -0.545 e. The summed E-state index contributed by atoms with van der Waals surface area (Å²) in [5.74, 6) is -0.819. The van der Waals surface area contributed by atoms with Crippen LogP contribution in [0.3, 0.4) is 0 Å². The van der Waals surface area contributed by atoms with Crippen molar-refractivity contribution in [1.29, 1.82) is 0 Å². The molecule has 0 aromatic heterocycles. The smallest absolute Gasteiger partial charge is 0.407 e. The summed E-state index contributed by atoms with van der Waals surface area (Å²) in [7, 11) is 1.50. The van der Waals surface area contributed by atoms with Crippen LogP contribution in [0.25, 0.3) is 33.4 Å². The normalized spacial score (nSPS) is 11.5. The van der Waals surface area contributed by atoms with Gasteiger partial charge >= 0.3 is 24.4 Å². The van der Waals surface area contributed by atoms with E-state index in [1.54, 1.807) is 18.2 Å². The topological polar surface area (TPSA) is 224 Å². The highest BCUT2D eigenvalue weighted by Crippen LogP contribution is 2.42. The molecule has 1 aliphatic heterocycles. The summed E-state index contributed by atoms with van der Waals surface area (Å²) >= 11 is 0. The summed E-state index contributed by atoms with van der Waals surface area (Å²) in [6.07, 6.45) is 60.7. The Kier molecular flexibility index (Phi) is 56.2. The van der Waals surface area contributed by atoms with Gasteiger partial charge < -0.3 is 59.8 Å². The van der Waals surface area contributed by atoms with Gasteiger partial charge in [-0.3, -0.25) is 0 Å². The molecule has 4 amide bonds. The second kappa shape index (κ2) is 63.7. The number of rotatable bonds is 64. The van der Waals surface area contributed by atoms with Crippen LogP contribution in [0, 0.1) is 0 Å². The average molecular weight is 1450 g/mol. The van der Waals surface area contributed by atoms with Gasteiger partial charge in [0.25, 0.3) is 0 Å². The molecular weight excluding hydrogens is 1300 g/mol. The Morgan fingerprint density at radius 1 is 0.433 bits per heavy atom. The first-order valence-electron chi connectivity index (χ1n) is 42.2. The second-order valence-electron chi connectivity index (χ2n) is 28.9. The Labute approximate surface area is 630 Å². The van der Waals surface area contributed by atoms with E-state index in [-0.39, 0.29) is 38.5 Å². The van der Waals surface area contributed by atoms with Crippen LogP contribution in [0.15, 0.2) is 65.1 Å². The van der Waals surface area contributed by atoms with E-state index in [4.69, 9.17) is 23.7 Å². The molecule has 0 bridgehead atoms. The number of alkyl carbamates (subject to hydrolysis) is 3. The van der Waals surface area contributed by atoms with Crippen molar-refractivity contribution in [3.05, 3.63) is 71.6 Å². The molecule has 0 fully saturated rings. The fraction of sp³-hybridized carbons (Fsp3) is 0.724. The number of carbonyl (C=O) groups excluding carboxylic acids is 4. The zero-order valence-corrected chi connectivity index (χ0v) is 66.2. The van der Waals surface area contributed by atoms with E-state index in [1.165, 1.54) is 276 Å². The van der Waals surface area contributed by atoms with Crippen LogP contribution in [0.5, 0.6) is 0 Å². The van der Waals surface area contributed by atoms with Crippen molar-refractivity contribution < 1.29 is 52.8 Å². The Bertz CT molecular complexity index is 2860. The quantitative estimate of drug-likeness (QED) is 0.0121. The average Bonchev–Trinajstić information content (AvgIpc) is 0.747. The Hall–Kier alpha value is -6.52. The number of amides is 4. The van der Waals surface area contributed by atoms with E-state index in [0.717, 1.165) is 50.6 Å². The maximum atomic E-state index is 12.8. The lowest BCUT2D eigenvalue weighted by molar-refractivity contribution is -0.255. The number of anilines is 1. The third-order valence-corrected chi connectivity index (χ3v) is 20.1. The molecule has 1 aliphatic carbocycles. The molecule has 5 N–H and O–H groups in total. The lowest BCUT2D eigenvalue weighted by atomic mass is 9.90. The number of hydrogen-bond donors (Lipinski definition) is 5. The van der Waals surface area contributed by atoms with Gasteiger partial charge in [0.1, 0.15) is 18.0 Å². The first-order valence-corrected chi connectivity index (χ1v) is 42.2.